The van der Waals surface area contributed by atoms with Gasteiger partial charge in [0, 0.05) is 68.1 Å². The lowest BCUT2D eigenvalue weighted by atomic mass is 9.37. The minimum absolute atomic E-state index is 0.0583. The second-order valence-corrected chi connectivity index (χ2v) is 14.5. The Morgan fingerprint density at radius 3 is 2.59 bits per heavy atom. The average molecular weight is 661 g/mol. The summed E-state index contributed by atoms with van der Waals surface area (Å²) in [5.41, 5.74) is 11.8. The van der Waals surface area contributed by atoms with Gasteiger partial charge in [0.15, 0.2) is 0 Å². The topological polar surface area (TPSA) is 163 Å². The molecule has 4 N–H and O–H groups in total. The molecule has 4 heterocycles. The van der Waals surface area contributed by atoms with Crippen molar-refractivity contribution in [2.45, 2.75) is 82.1 Å². The lowest BCUT2D eigenvalue weighted by Gasteiger charge is -2.74. The maximum absolute atomic E-state index is 13.0. The van der Waals surface area contributed by atoms with Gasteiger partial charge in [-0.1, -0.05) is 24.3 Å². The quantitative estimate of drug-likeness (QED) is 0.233. The lowest BCUT2D eigenvalue weighted by molar-refractivity contribution is -0.226. The van der Waals surface area contributed by atoms with Crippen LogP contribution in [0.3, 0.4) is 0 Å². The van der Waals surface area contributed by atoms with Gasteiger partial charge in [0.05, 0.1) is 29.0 Å². The standard InChI is InChI=1S/C37H40N8O4/c38-15-25(30-18-40-28-3-1-2-4-29(28)42-30)17-39-26-9-11-44(12-10-26)37-20-36(21-37,22-37)14-33(47)41-16-23-5-6-27-24(13-23)19-45(35(27)49)31-7-8-32(46)43-34(31)48/h1-6,13,15,17-18,26,31H,7-12,14,16,19-22,38H2,(H,41,47)(H,43,46,48). The third-order valence-electron chi connectivity index (χ3n) is 11.2. The van der Waals surface area contributed by atoms with E-state index in [1.807, 2.05) is 42.6 Å². The van der Waals surface area contributed by atoms with Gasteiger partial charge in [-0.3, -0.25) is 39.4 Å². The molecule has 252 valence electrons. The summed E-state index contributed by atoms with van der Waals surface area (Å²) in [5.74, 6) is -0.857. The van der Waals surface area contributed by atoms with E-state index in [-0.39, 0.29) is 41.1 Å². The largest absolute Gasteiger partial charge is 0.404 e. The van der Waals surface area contributed by atoms with Crippen LogP contribution in [0.2, 0.25) is 0 Å². The number of aromatic nitrogens is 2. The first-order valence-electron chi connectivity index (χ1n) is 17.2. The number of hydrogen-bond acceptors (Lipinski definition) is 9. The number of piperidine rings is 2. The predicted molar refractivity (Wildman–Crippen MR) is 183 cm³/mol. The van der Waals surface area contributed by atoms with Crippen molar-refractivity contribution in [2.24, 2.45) is 16.1 Å². The second-order valence-electron chi connectivity index (χ2n) is 14.5. The van der Waals surface area contributed by atoms with E-state index >= 15 is 0 Å². The van der Waals surface area contributed by atoms with Crippen molar-refractivity contribution in [1.82, 2.24) is 30.4 Å². The number of hydrogen-bond donors (Lipinski definition) is 3. The zero-order chi connectivity index (χ0) is 33.8. The smallest absolute Gasteiger partial charge is 0.255 e. The molecule has 9 rings (SSSR count). The molecule has 3 aliphatic heterocycles. The summed E-state index contributed by atoms with van der Waals surface area (Å²) in [6, 6.07) is 12.9. The van der Waals surface area contributed by atoms with Crippen LogP contribution in [-0.4, -0.2) is 80.3 Å². The summed E-state index contributed by atoms with van der Waals surface area (Å²) < 4.78 is 0. The molecule has 2 aromatic carbocycles. The predicted octanol–water partition coefficient (Wildman–Crippen LogP) is 2.85. The van der Waals surface area contributed by atoms with Crippen LogP contribution in [-0.2, 0) is 27.5 Å². The van der Waals surface area contributed by atoms with Crippen molar-refractivity contribution in [2.75, 3.05) is 13.1 Å². The van der Waals surface area contributed by atoms with Crippen LogP contribution < -0.4 is 16.4 Å². The molecule has 5 fully saturated rings. The van der Waals surface area contributed by atoms with Crippen LogP contribution >= 0.6 is 0 Å². The van der Waals surface area contributed by atoms with Crippen LogP contribution in [0, 0.1) is 5.41 Å². The van der Waals surface area contributed by atoms with Gasteiger partial charge in [-0.15, -0.1) is 0 Å². The number of likely N-dealkylation sites (tertiary alicyclic amines) is 1. The van der Waals surface area contributed by atoms with Crippen molar-refractivity contribution in [3.05, 3.63) is 77.2 Å². The Labute approximate surface area is 284 Å². The van der Waals surface area contributed by atoms with E-state index < -0.39 is 11.9 Å². The Bertz CT molecular complexity index is 1910. The molecule has 12 heteroatoms. The Kier molecular flexibility index (Phi) is 7.78. The summed E-state index contributed by atoms with van der Waals surface area (Å²) in [6.07, 6.45) is 11.4. The van der Waals surface area contributed by atoms with Gasteiger partial charge >= 0.3 is 0 Å². The number of carbonyl (C=O) groups excluding carboxylic acids is 4. The lowest BCUT2D eigenvalue weighted by Crippen LogP contribution is -2.75. The number of para-hydroxylation sites is 2. The molecule has 2 bridgehead atoms. The van der Waals surface area contributed by atoms with E-state index in [1.165, 1.54) is 0 Å². The van der Waals surface area contributed by atoms with Crippen LogP contribution in [0.25, 0.3) is 16.6 Å². The molecule has 4 amide bonds. The van der Waals surface area contributed by atoms with E-state index in [0.717, 1.165) is 72.9 Å². The first-order chi connectivity index (χ1) is 23.7. The highest BCUT2D eigenvalue weighted by Gasteiger charge is 2.70. The number of fused-ring (bicyclic) bond motifs is 2. The molecular weight excluding hydrogens is 620 g/mol. The minimum Gasteiger partial charge on any atom is -0.404 e. The van der Waals surface area contributed by atoms with E-state index in [9.17, 15) is 19.2 Å². The molecule has 1 atom stereocenters. The highest BCUT2D eigenvalue weighted by Crippen LogP contribution is 2.71. The second kappa shape index (κ2) is 12.2. The average Bonchev–Trinajstić information content (AvgIpc) is 3.40. The van der Waals surface area contributed by atoms with E-state index in [2.05, 4.69) is 20.5 Å². The van der Waals surface area contributed by atoms with Gasteiger partial charge in [0.1, 0.15) is 6.04 Å². The van der Waals surface area contributed by atoms with Gasteiger partial charge in [-0.25, -0.2) is 4.98 Å². The van der Waals surface area contributed by atoms with Gasteiger partial charge in [0.2, 0.25) is 17.7 Å². The number of allylic oxidation sites excluding steroid dienone is 1. The Hall–Kier alpha value is -4.97. The number of benzene rings is 2. The molecule has 1 aromatic heterocycles. The van der Waals surface area contributed by atoms with Gasteiger partial charge < -0.3 is 16.0 Å². The third kappa shape index (κ3) is 5.77. The Balaban J connectivity index is 0.783. The SMILES string of the molecule is NC=C(C=NC1CCN(C23CC(CC(=O)NCc4ccc5c(c4)CN(C4CCC(=O)NC4=O)C5=O)(C2)C3)CC1)c1cnc2ccccc2n1. The molecule has 0 spiro atoms. The van der Waals surface area contributed by atoms with Gasteiger partial charge in [-0.2, -0.15) is 0 Å². The van der Waals surface area contributed by atoms with Crippen molar-refractivity contribution in [3.8, 4) is 0 Å². The summed E-state index contributed by atoms with van der Waals surface area (Å²) in [6.45, 7) is 2.72. The molecule has 0 radical (unpaired) electrons. The van der Waals surface area contributed by atoms with Crippen molar-refractivity contribution in [1.29, 1.82) is 0 Å². The zero-order valence-corrected chi connectivity index (χ0v) is 27.4. The summed E-state index contributed by atoms with van der Waals surface area (Å²) >= 11 is 0. The molecule has 6 aliphatic rings. The van der Waals surface area contributed by atoms with Crippen LogP contribution in [0.15, 0.2) is 59.9 Å². The molecule has 3 aromatic rings. The molecule has 49 heavy (non-hydrogen) atoms. The maximum atomic E-state index is 13.0. The Morgan fingerprint density at radius 2 is 1.84 bits per heavy atom. The van der Waals surface area contributed by atoms with Crippen molar-refractivity contribution >= 4 is 46.4 Å². The molecule has 12 nitrogen and oxygen atoms in total. The summed E-state index contributed by atoms with van der Waals surface area (Å²) in [7, 11) is 0. The number of amides is 4. The Morgan fingerprint density at radius 1 is 1.06 bits per heavy atom. The minimum atomic E-state index is -0.638. The number of nitrogens with zero attached hydrogens (tertiary/aromatic N) is 5. The fourth-order valence-electron chi connectivity index (χ4n) is 8.77. The number of aliphatic imine (C=N–C) groups is 1. The normalized spacial score (nSPS) is 27.2. The van der Waals surface area contributed by atoms with Gasteiger partial charge in [-0.05, 0) is 73.3 Å². The van der Waals surface area contributed by atoms with Crippen LogP contribution in [0.1, 0.15) is 78.5 Å². The molecule has 3 saturated carbocycles. The maximum Gasteiger partial charge on any atom is 0.255 e. The van der Waals surface area contributed by atoms with E-state index in [4.69, 9.17) is 15.7 Å². The van der Waals surface area contributed by atoms with Crippen molar-refractivity contribution in [3.63, 3.8) is 0 Å². The number of carbonyl (C=O) groups is 4. The number of rotatable bonds is 9. The monoisotopic (exact) mass is 660 g/mol. The molecular formula is C37H40N8O4. The number of nitrogens with two attached hydrogens (primary N) is 1. The van der Waals surface area contributed by atoms with Crippen molar-refractivity contribution < 1.29 is 19.2 Å². The first-order valence-corrected chi connectivity index (χ1v) is 17.2. The molecule has 3 aliphatic carbocycles. The third-order valence-corrected chi connectivity index (χ3v) is 11.2. The molecule has 1 unspecified atom stereocenters. The molecule has 2 saturated heterocycles. The highest BCUT2D eigenvalue weighted by molar-refractivity contribution is 6.09. The number of nitrogens with one attached hydrogen (secondary N) is 2. The fraction of sp³-hybridized carbons (Fsp3) is 0.432. The fourth-order valence-corrected chi connectivity index (χ4v) is 8.77. The first kappa shape index (κ1) is 31.3. The zero-order valence-electron chi connectivity index (χ0n) is 27.4. The summed E-state index contributed by atoms with van der Waals surface area (Å²) in [5, 5.41) is 5.43. The van der Waals surface area contributed by atoms with E-state index in [1.54, 1.807) is 23.4 Å². The van der Waals surface area contributed by atoms with E-state index in [0.29, 0.717) is 37.2 Å². The van der Waals surface area contributed by atoms with Crippen LogP contribution in [0.4, 0.5) is 0 Å². The van der Waals surface area contributed by atoms with Gasteiger partial charge in [0.25, 0.3) is 5.91 Å². The number of imide groups is 1. The van der Waals surface area contributed by atoms with Crippen LogP contribution in [0.5, 0.6) is 0 Å². The summed E-state index contributed by atoms with van der Waals surface area (Å²) in [4.78, 5) is 68.1. The highest BCUT2D eigenvalue weighted by atomic mass is 16.2.